The fourth-order valence-corrected chi connectivity index (χ4v) is 3.31. The van der Waals surface area contributed by atoms with Crippen LogP contribution in [0.15, 0.2) is 24.3 Å². The first-order valence-electron chi connectivity index (χ1n) is 7.20. The van der Waals surface area contributed by atoms with Crippen molar-refractivity contribution in [1.29, 1.82) is 0 Å². The number of hydrogen-bond donors (Lipinski definition) is 2. The molecule has 1 fully saturated rings. The highest BCUT2D eigenvalue weighted by molar-refractivity contribution is 5.77. The van der Waals surface area contributed by atoms with Gasteiger partial charge in [0, 0.05) is 11.0 Å². The first-order valence-corrected chi connectivity index (χ1v) is 7.20. The van der Waals surface area contributed by atoms with Crippen LogP contribution in [0, 0.1) is 5.82 Å². The number of nitrogen functional groups attached to an aromatic ring is 1. The first kappa shape index (κ1) is 13.2. The number of aromatic nitrogens is 2. The zero-order valence-corrected chi connectivity index (χ0v) is 11.7. The van der Waals surface area contributed by atoms with Crippen molar-refractivity contribution in [3.8, 4) is 11.1 Å². The Hall–Kier alpha value is -1.84. The summed E-state index contributed by atoms with van der Waals surface area (Å²) in [5.74, 6) is 0.209. The minimum Gasteiger partial charge on any atom is -0.382 e. The van der Waals surface area contributed by atoms with Gasteiger partial charge in [0.05, 0.1) is 5.69 Å². The number of halogens is 1. The number of nitrogens with zero attached hydrogens (tertiary/aromatic N) is 1. The van der Waals surface area contributed by atoms with E-state index >= 15 is 0 Å². The summed E-state index contributed by atoms with van der Waals surface area (Å²) >= 11 is 0. The number of anilines is 1. The maximum absolute atomic E-state index is 13.5. The summed E-state index contributed by atoms with van der Waals surface area (Å²) in [5, 5.41) is 7.28. The number of H-pyrrole nitrogens is 1. The van der Waals surface area contributed by atoms with Crippen LogP contribution in [-0.4, -0.2) is 10.2 Å². The molecule has 1 aliphatic carbocycles. The van der Waals surface area contributed by atoms with Gasteiger partial charge in [0.15, 0.2) is 5.82 Å². The molecule has 1 aliphatic rings. The van der Waals surface area contributed by atoms with Crippen molar-refractivity contribution in [2.75, 3.05) is 5.73 Å². The van der Waals surface area contributed by atoms with Crippen LogP contribution in [0.1, 0.15) is 44.7 Å². The van der Waals surface area contributed by atoms with Gasteiger partial charge in [0.2, 0.25) is 0 Å². The topological polar surface area (TPSA) is 54.7 Å². The SMILES string of the molecule is CC1(c2[nH]nc(N)c2-c2cccc(F)c2)CCCCC1. The molecule has 0 atom stereocenters. The Labute approximate surface area is 118 Å². The van der Waals surface area contributed by atoms with Crippen molar-refractivity contribution < 1.29 is 4.39 Å². The van der Waals surface area contributed by atoms with Gasteiger partial charge in [-0.2, -0.15) is 5.10 Å². The molecular formula is C16H20FN3. The molecule has 106 valence electrons. The van der Waals surface area contributed by atoms with Crippen molar-refractivity contribution in [2.24, 2.45) is 0 Å². The van der Waals surface area contributed by atoms with Gasteiger partial charge in [-0.1, -0.05) is 38.3 Å². The van der Waals surface area contributed by atoms with Gasteiger partial charge in [-0.25, -0.2) is 4.39 Å². The Morgan fingerprint density at radius 1 is 1.25 bits per heavy atom. The van der Waals surface area contributed by atoms with Crippen LogP contribution in [0.4, 0.5) is 10.2 Å². The van der Waals surface area contributed by atoms with E-state index in [1.54, 1.807) is 6.07 Å². The largest absolute Gasteiger partial charge is 0.382 e. The minimum absolute atomic E-state index is 0.0600. The monoisotopic (exact) mass is 273 g/mol. The van der Waals surface area contributed by atoms with Crippen molar-refractivity contribution >= 4 is 5.82 Å². The van der Waals surface area contributed by atoms with E-state index in [1.807, 2.05) is 6.07 Å². The van der Waals surface area contributed by atoms with Crippen LogP contribution in [0.5, 0.6) is 0 Å². The molecule has 0 radical (unpaired) electrons. The van der Waals surface area contributed by atoms with E-state index in [2.05, 4.69) is 17.1 Å². The third-order valence-electron chi connectivity index (χ3n) is 4.47. The van der Waals surface area contributed by atoms with Gasteiger partial charge in [-0.05, 0) is 30.5 Å². The highest BCUT2D eigenvalue weighted by Crippen LogP contribution is 2.43. The van der Waals surface area contributed by atoms with Crippen LogP contribution in [-0.2, 0) is 5.41 Å². The molecule has 1 heterocycles. The van der Waals surface area contributed by atoms with Gasteiger partial charge < -0.3 is 5.73 Å². The highest BCUT2D eigenvalue weighted by atomic mass is 19.1. The molecule has 1 aromatic heterocycles. The summed E-state index contributed by atoms with van der Waals surface area (Å²) in [6.07, 6.45) is 5.97. The summed E-state index contributed by atoms with van der Waals surface area (Å²) in [4.78, 5) is 0. The Morgan fingerprint density at radius 2 is 2.00 bits per heavy atom. The Morgan fingerprint density at radius 3 is 2.70 bits per heavy atom. The molecular weight excluding hydrogens is 253 g/mol. The molecule has 3 nitrogen and oxygen atoms in total. The molecule has 20 heavy (non-hydrogen) atoms. The summed E-state index contributed by atoms with van der Waals surface area (Å²) in [6, 6.07) is 6.57. The highest BCUT2D eigenvalue weighted by Gasteiger charge is 2.34. The van der Waals surface area contributed by atoms with Crippen molar-refractivity contribution in [1.82, 2.24) is 10.2 Å². The number of nitrogens with two attached hydrogens (primary N) is 1. The molecule has 0 aliphatic heterocycles. The van der Waals surface area contributed by atoms with Crippen LogP contribution < -0.4 is 5.73 Å². The maximum Gasteiger partial charge on any atom is 0.153 e. The lowest BCUT2D eigenvalue weighted by atomic mass is 9.72. The average molecular weight is 273 g/mol. The van der Waals surface area contributed by atoms with E-state index in [0.29, 0.717) is 5.82 Å². The second-order valence-electron chi connectivity index (χ2n) is 5.99. The smallest absolute Gasteiger partial charge is 0.153 e. The second-order valence-corrected chi connectivity index (χ2v) is 5.99. The third-order valence-corrected chi connectivity index (χ3v) is 4.47. The molecule has 0 unspecified atom stereocenters. The molecule has 0 amide bonds. The molecule has 3 N–H and O–H groups in total. The van der Waals surface area contributed by atoms with Crippen molar-refractivity contribution in [3.05, 3.63) is 35.8 Å². The molecule has 4 heteroatoms. The van der Waals surface area contributed by atoms with E-state index in [4.69, 9.17) is 5.73 Å². The predicted octanol–water partition coefficient (Wildman–Crippen LogP) is 4.02. The van der Waals surface area contributed by atoms with Gasteiger partial charge in [-0.15, -0.1) is 0 Å². The van der Waals surface area contributed by atoms with E-state index in [9.17, 15) is 4.39 Å². The number of rotatable bonds is 2. The Balaban J connectivity index is 2.10. The van der Waals surface area contributed by atoms with Gasteiger partial charge in [0.25, 0.3) is 0 Å². The number of aromatic amines is 1. The predicted molar refractivity (Wildman–Crippen MR) is 78.8 cm³/mol. The lowest BCUT2D eigenvalue weighted by Gasteiger charge is -2.33. The average Bonchev–Trinajstić information content (AvgIpc) is 2.82. The second kappa shape index (κ2) is 4.93. The van der Waals surface area contributed by atoms with Crippen molar-refractivity contribution in [3.63, 3.8) is 0 Å². The molecule has 1 saturated carbocycles. The van der Waals surface area contributed by atoms with Gasteiger partial charge in [-0.3, -0.25) is 5.10 Å². The number of benzene rings is 1. The third kappa shape index (κ3) is 2.19. The fourth-order valence-electron chi connectivity index (χ4n) is 3.31. The molecule has 1 aromatic carbocycles. The molecule has 0 bridgehead atoms. The number of hydrogen-bond acceptors (Lipinski definition) is 2. The van der Waals surface area contributed by atoms with Crippen LogP contribution in [0.3, 0.4) is 0 Å². The minimum atomic E-state index is -0.247. The molecule has 0 saturated heterocycles. The van der Waals surface area contributed by atoms with Gasteiger partial charge >= 0.3 is 0 Å². The quantitative estimate of drug-likeness (QED) is 0.868. The summed E-state index contributed by atoms with van der Waals surface area (Å²) in [6.45, 7) is 2.25. The van der Waals surface area contributed by atoms with Crippen LogP contribution >= 0.6 is 0 Å². The summed E-state index contributed by atoms with van der Waals surface area (Å²) < 4.78 is 13.5. The molecule has 0 spiro atoms. The summed E-state index contributed by atoms with van der Waals surface area (Å²) in [7, 11) is 0. The molecule has 2 aromatic rings. The fraction of sp³-hybridized carbons (Fsp3) is 0.438. The van der Waals surface area contributed by atoms with Gasteiger partial charge in [0.1, 0.15) is 5.82 Å². The number of nitrogens with one attached hydrogen (secondary N) is 1. The van der Waals surface area contributed by atoms with E-state index < -0.39 is 0 Å². The zero-order valence-electron chi connectivity index (χ0n) is 11.7. The Bertz CT molecular complexity index is 612. The van der Waals surface area contributed by atoms with E-state index in [1.165, 1.54) is 31.4 Å². The Kier molecular flexibility index (Phi) is 3.24. The normalized spacial score (nSPS) is 18.1. The lowest BCUT2D eigenvalue weighted by molar-refractivity contribution is 0.312. The first-order chi connectivity index (χ1) is 9.60. The standard InChI is InChI=1S/C16H20FN3/c1-16(8-3-2-4-9-16)14-13(15(18)20-19-14)11-6-5-7-12(17)10-11/h5-7,10H,2-4,8-9H2,1H3,(H3,18,19,20). The van der Waals surface area contributed by atoms with E-state index in [-0.39, 0.29) is 11.2 Å². The zero-order chi connectivity index (χ0) is 14.2. The van der Waals surface area contributed by atoms with Crippen LogP contribution in [0.2, 0.25) is 0 Å². The van der Waals surface area contributed by atoms with Crippen LogP contribution in [0.25, 0.3) is 11.1 Å². The van der Waals surface area contributed by atoms with Crippen molar-refractivity contribution in [2.45, 2.75) is 44.4 Å². The maximum atomic E-state index is 13.5. The van der Waals surface area contributed by atoms with E-state index in [0.717, 1.165) is 29.7 Å². The summed E-state index contributed by atoms with van der Waals surface area (Å²) in [5.41, 5.74) is 8.81. The molecule has 3 rings (SSSR count). The lowest BCUT2D eigenvalue weighted by Crippen LogP contribution is -2.26.